The SMILES string of the molecule is CC\C=C/C=C/C=C/C=C\CCCCCCCC(=O)O[C@H](COC(=O)CCCCCCCCCCCCCCC)COP(=O)(O)OCC[N+](C)(C)C. The van der Waals surface area contributed by atoms with Crippen LogP contribution in [0.3, 0.4) is 0 Å². The van der Waals surface area contributed by atoms with Gasteiger partial charge in [-0.1, -0.05) is 159 Å². The number of carbonyl (C=O) groups is 2. The molecule has 0 rings (SSSR count). The molecule has 1 N–H and O–H groups in total. The standard InChI is InChI=1S/C42H76NO8P/c1-6-8-10-12-14-16-18-20-21-23-25-27-29-31-33-35-42(45)51-40(39-50-52(46,47)49-37-36-43(3,4)5)38-48-41(44)34-32-30-28-26-24-22-19-17-15-13-11-9-7-2/h8,10,12,14,16,18,20-21,40H,6-7,9,11,13,15,17,19,22-39H2,1-5H3/p+1/b10-8-,14-12+,18-16+,21-20-/t40-/m1/s1. The highest BCUT2D eigenvalue weighted by Gasteiger charge is 2.27. The number of hydrogen-bond donors (Lipinski definition) is 1. The molecular weight excluding hydrogens is 677 g/mol. The number of rotatable bonds is 36. The number of phosphoric ester groups is 1. The van der Waals surface area contributed by atoms with Crippen LogP contribution in [0.5, 0.6) is 0 Å². The van der Waals surface area contributed by atoms with Crippen molar-refractivity contribution in [2.45, 2.75) is 161 Å². The number of likely N-dealkylation sites (N-methyl/N-ethyl adjacent to an activating group) is 1. The van der Waals surface area contributed by atoms with Gasteiger partial charge in [0.25, 0.3) is 0 Å². The van der Waals surface area contributed by atoms with E-state index in [9.17, 15) is 19.0 Å². The van der Waals surface area contributed by atoms with Crippen molar-refractivity contribution in [2.75, 3.05) is 47.5 Å². The fraction of sp³-hybridized carbons (Fsp3) is 0.762. The molecule has 0 aromatic rings. The zero-order valence-corrected chi connectivity index (χ0v) is 34.7. The van der Waals surface area contributed by atoms with Crippen molar-refractivity contribution in [3.63, 3.8) is 0 Å². The van der Waals surface area contributed by atoms with Crippen molar-refractivity contribution < 1.29 is 42.1 Å². The Kier molecular flexibility index (Phi) is 33.4. The number of ether oxygens (including phenoxy) is 2. The Bertz CT molecular complexity index is 1030. The van der Waals surface area contributed by atoms with Crippen LogP contribution in [0.4, 0.5) is 0 Å². The lowest BCUT2D eigenvalue weighted by atomic mass is 10.0. The first kappa shape index (κ1) is 50.0. The Labute approximate surface area is 318 Å². The molecule has 302 valence electrons. The summed E-state index contributed by atoms with van der Waals surface area (Å²) in [6.45, 7) is 4.24. The molecule has 52 heavy (non-hydrogen) atoms. The fourth-order valence-electron chi connectivity index (χ4n) is 5.26. The van der Waals surface area contributed by atoms with Crippen molar-refractivity contribution in [3.8, 4) is 0 Å². The van der Waals surface area contributed by atoms with Crippen LogP contribution in [0, 0.1) is 0 Å². The minimum atomic E-state index is -4.38. The predicted octanol–water partition coefficient (Wildman–Crippen LogP) is 11.1. The van der Waals surface area contributed by atoms with Crippen molar-refractivity contribution in [1.29, 1.82) is 0 Å². The van der Waals surface area contributed by atoms with Gasteiger partial charge in [0.05, 0.1) is 27.7 Å². The van der Waals surface area contributed by atoms with E-state index in [0.717, 1.165) is 57.8 Å². The van der Waals surface area contributed by atoms with Gasteiger partial charge < -0.3 is 18.9 Å². The van der Waals surface area contributed by atoms with Crippen LogP contribution >= 0.6 is 7.82 Å². The molecule has 0 heterocycles. The van der Waals surface area contributed by atoms with Crippen LogP contribution < -0.4 is 0 Å². The van der Waals surface area contributed by atoms with Gasteiger partial charge in [0.15, 0.2) is 6.10 Å². The van der Waals surface area contributed by atoms with Crippen LogP contribution in [-0.2, 0) is 32.7 Å². The number of esters is 2. The molecule has 2 atom stereocenters. The van der Waals surface area contributed by atoms with E-state index < -0.39 is 26.5 Å². The Morgan fingerprint density at radius 2 is 1.10 bits per heavy atom. The van der Waals surface area contributed by atoms with Gasteiger partial charge in [-0.05, 0) is 32.1 Å². The molecule has 0 bridgehead atoms. The van der Waals surface area contributed by atoms with E-state index in [1.165, 1.54) is 64.2 Å². The van der Waals surface area contributed by atoms with E-state index in [0.29, 0.717) is 17.4 Å². The van der Waals surface area contributed by atoms with Gasteiger partial charge in [0.2, 0.25) is 0 Å². The smallest absolute Gasteiger partial charge is 0.462 e. The van der Waals surface area contributed by atoms with Gasteiger partial charge in [-0.15, -0.1) is 0 Å². The van der Waals surface area contributed by atoms with E-state index in [4.69, 9.17) is 18.5 Å². The summed E-state index contributed by atoms with van der Waals surface area (Å²) in [4.78, 5) is 35.2. The predicted molar refractivity (Wildman–Crippen MR) is 215 cm³/mol. The maximum Gasteiger partial charge on any atom is 0.472 e. The molecule has 0 aromatic heterocycles. The van der Waals surface area contributed by atoms with Crippen LogP contribution in [0.25, 0.3) is 0 Å². The zero-order chi connectivity index (χ0) is 38.6. The number of quaternary nitrogens is 1. The summed E-state index contributed by atoms with van der Waals surface area (Å²) < 4.78 is 34.2. The third kappa shape index (κ3) is 37.7. The van der Waals surface area contributed by atoms with E-state index >= 15 is 0 Å². The van der Waals surface area contributed by atoms with E-state index in [1.807, 2.05) is 51.5 Å². The van der Waals surface area contributed by atoms with Gasteiger partial charge in [-0.25, -0.2) is 4.57 Å². The molecule has 0 aliphatic rings. The molecule has 1 unspecified atom stereocenters. The highest BCUT2D eigenvalue weighted by molar-refractivity contribution is 7.47. The van der Waals surface area contributed by atoms with E-state index in [1.54, 1.807) is 0 Å². The first-order valence-corrected chi connectivity index (χ1v) is 21.9. The molecule has 0 aliphatic heterocycles. The molecule has 0 radical (unpaired) electrons. The first-order chi connectivity index (χ1) is 25.0. The molecule has 0 spiro atoms. The summed E-state index contributed by atoms with van der Waals surface area (Å²) in [5.74, 6) is -0.827. The van der Waals surface area contributed by atoms with E-state index in [-0.39, 0.29) is 32.0 Å². The lowest BCUT2D eigenvalue weighted by molar-refractivity contribution is -0.870. The second-order valence-corrected chi connectivity index (χ2v) is 16.2. The summed E-state index contributed by atoms with van der Waals surface area (Å²) in [5, 5.41) is 0. The van der Waals surface area contributed by atoms with Crippen molar-refractivity contribution in [2.24, 2.45) is 0 Å². The Balaban J connectivity index is 4.45. The van der Waals surface area contributed by atoms with Crippen LogP contribution in [0.2, 0.25) is 0 Å². The van der Waals surface area contributed by atoms with Gasteiger partial charge in [0.1, 0.15) is 19.8 Å². The third-order valence-corrected chi connectivity index (χ3v) is 9.45. The van der Waals surface area contributed by atoms with Crippen molar-refractivity contribution in [3.05, 3.63) is 48.6 Å². The number of allylic oxidation sites excluding steroid dienone is 8. The lowest BCUT2D eigenvalue weighted by Crippen LogP contribution is -2.37. The summed E-state index contributed by atoms with van der Waals surface area (Å²) in [6.07, 6.45) is 38.7. The number of phosphoric acid groups is 1. The quantitative estimate of drug-likeness (QED) is 0.0221. The number of hydrogen-bond acceptors (Lipinski definition) is 7. The summed E-state index contributed by atoms with van der Waals surface area (Å²) in [6, 6.07) is 0. The zero-order valence-electron chi connectivity index (χ0n) is 33.8. The molecule has 0 aliphatic carbocycles. The number of unbranched alkanes of at least 4 members (excludes halogenated alkanes) is 17. The molecule has 0 aromatic carbocycles. The Hall–Kier alpha value is -2.03. The summed E-state index contributed by atoms with van der Waals surface area (Å²) in [7, 11) is 1.45. The monoisotopic (exact) mass is 755 g/mol. The largest absolute Gasteiger partial charge is 0.472 e. The Morgan fingerprint density at radius 3 is 1.63 bits per heavy atom. The van der Waals surface area contributed by atoms with Gasteiger partial charge in [-0.3, -0.25) is 18.6 Å². The highest BCUT2D eigenvalue weighted by Crippen LogP contribution is 2.43. The number of nitrogens with zero attached hydrogens (tertiary/aromatic N) is 1. The maximum atomic E-state index is 12.6. The molecule has 0 saturated carbocycles. The molecule has 10 heteroatoms. The summed E-state index contributed by atoms with van der Waals surface area (Å²) >= 11 is 0. The van der Waals surface area contributed by atoms with Gasteiger partial charge >= 0.3 is 19.8 Å². The van der Waals surface area contributed by atoms with Crippen LogP contribution in [0.15, 0.2) is 48.6 Å². The minimum Gasteiger partial charge on any atom is -0.462 e. The average molecular weight is 755 g/mol. The molecular formula is C42H77NO8P+. The van der Waals surface area contributed by atoms with E-state index in [2.05, 4.69) is 32.1 Å². The normalized spacial score (nSPS) is 14.2. The average Bonchev–Trinajstić information content (AvgIpc) is 3.09. The maximum absolute atomic E-state index is 12.6. The Morgan fingerprint density at radius 1 is 0.615 bits per heavy atom. The van der Waals surface area contributed by atoms with Gasteiger partial charge in [0, 0.05) is 12.8 Å². The summed E-state index contributed by atoms with van der Waals surface area (Å²) in [5.41, 5.74) is 0. The molecule has 0 amide bonds. The third-order valence-electron chi connectivity index (χ3n) is 8.47. The second-order valence-electron chi connectivity index (χ2n) is 14.7. The van der Waals surface area contributed by atoms with Crippen LogP contribution in [-0.4, -0.2) is 74.9 Å². The lowest BCUT2D eigenvalue weighted by Gasteiger charge is -2.24. The van der Waals surface area contributed by atoms with Crippen molar-refractivity contribution in [1.82, 2.24) is 0 Å². The van der Waals surface area contributed by atoms with Crippen molar-refractivity contribution >= 4 is 19.8 Å². The number of carbonyl (C=O) groups excluding carboxylic acids is 2. The van der Waals surface area contributed by atoms with Gasteiger partial charge in [-0.2, -0.15) is 0 Å². The minimum absolute atomic E-state index is 0.0258. The topological polar surface area (TPSA) is 108 Å². The molecule has 0 saturated heterocycles. The molecule has 9 nitrogen and oxygen atoms in total. The second kappa shape index (κ2) is 34.7. The molecule has 0 fully saturated rings. The first-order valence-electron chi connectivity index (χ1n) is 20.4. The fourth-order valence-corrected chi connectivity index (χ4v) is 6.00. The van der Waals surface area contributed by atoms with Crippen LogP contribution in [0.1, 0.15) is 155 Å². The highest BCUT2D eigenvalue weighted by atomic mass is 31.2.